The molecule has 0 radical (unpaired) electrons. The lowest BCUT2D eigenvalue weighted by molar-refractivity contribution is -0.137. The highest BCUT2D eigenvalue weighted by molar-refractivity contribution is 6.00. The van der Waals surface area contributed by atoms with Gasteiger partial charge in [0, 0.05) is 43.8 Å². The number of nitrogens with one attached hydrogen (secondary N) is 1. The predicted molar refractivity (Wildman–Crippen MR) is 106 cm³/mol. The Morgan fingerprint density at radius 1 is 1.19 bits per heavy atom. The normalized spacial score (nSPS) is 29.4. The van der Waals surface area contributed by atoms with Crippen LogP contribution in [0.1, 0.15) is 32.1 Å². The van der Waals surface area contributed by atoms with Crippen LogP contribution in [-0.2, 0) is 9.59 Å². The second-order valence-electron chi connectivity index (χ2n) is 7.82. The number of nitrogens with zero attached hydrogens (tertiary/aromatic N) is 2. The summed E-state index contributed by atoms with van der Waals surface area (Å²) in [6.07, 6.45) is 4.79. The van der Waals surface area contributed by atoms with Gasteiger partial charge in [0.25, 0.3) is 0 Å². The van der Waals surface area contributed by atoms with Gasteiger partial charge in [-0.3, -0.25) is 9.59 Å². The van der Waals surface area contributed by atoms with Crippen molar-refractivity contribution in [2.45, 2.75) is 50.2 Å². The van der Waals surface area contributed by atoms with Crippen LogP contribution in [0.2, 0.25) is 0 Å². The van der Waals surface area contributed by atoms with Crippen molar-refractivity contribution in [3.8, 4) is 5.75 Å². The first-order valence-electron chi connectivity index (χ1n) is 9.52. The molecular weight excluding hydrogens is 366 g/mol. The van der Waals surface area contributed by atoms with Crippen molar-refractivity contribution in [1.29, 1.82) is 0 Å². The molecule has 0 aromatic heterocycles. The van der Waals surface area contributed by atoms with Crippen molar-refractivity contribution in [3.05, 3.63) is 24.3 Å². The minimum atomic E-state index is -0.248. The number of carbonyl (C=O) groups excluding carboxylic acids is 2. The van der Waals surface area contributed by atoms with Crippen LogP contribution in [0, 0.1) is 5.92 Å². The molecule has 3 saturated heterocycles. The molecule has 3 aliphatic heterocycles. The van der Waals surface area contributed by atoms with Crippen LogP contribution in [0.15, 0.2) is 24.3 Å². The van der Waals surface area contributed by atoms with Gasteiger partial charge in [0.05, 0.1) is 13.0 Å². The van der Waals surface area contributed by atoms with Gasteiger partial charge in [-0.25, -0.2) is 0 Å². The number of ether oxygens (including phenoxy) is 1. The van der Waals surface area contributed by atoms with Crippen LogP contribution in [0.4, 0.5) is 5.69 Å². The molecule has 1 N–H and O–H groups in total. The molecule has 2 amide bonds. The van der Waals surface area contributed by atoms with Crippen molar-refractivity contribution in [2.75, 3.05) is 25.6 Å². The molecule has 0 spiro atoms. The minimum Gasteiger partial charge on any atom is -0.497 e. The van der Waals surface area contributed by atoms with Gasteiger partial charge in [-0.05, 0) is 49.9 Å². The maximum absolute atomic E-state index is 13.0. The van der Waals surface area contributed by atoms with E-state index in [0.29, 0.717) is 31.1 Å². The fourth-order valence-electron chi connectivity index (χ4n) is 4.70. The molecule has 3 heterocycles. The molecule has 4 rings (SSSR count). The van der Waals surface area contributed by atoms with Crippen LogP contribution in [0.25, 0.3) is 0 Å². The van der Waals surface area contributed by atoms with Crippen LogP contribution in [0.5, 0.6) is 5.75 Å². The predicted octanol–water partition coefficient (Wildman–Crippen LogP) is 2.21. The molecule has 1 aromatic carbocycles. The second-order valence-corrected chi connectivity index (χ2v) is 7.82. The Bertz CT molecular complexity index is 684. The van der Waals surface area contributed by atoms with E-state index in [2.05, 4.69) is 5.32 Å². The molecular formula is C20H28ClN3O3. The average molecular weight is 394 g/mol. The first-order valence-corrected chi connectivity index (χ1v) is 9.52. The van der Waals surface area contributed by atoms with Gasteiger partial charge in [0.15, 0.2) is 0 Å². The third-order valence-corrected chi connectivity index (χ3v) is 6.20. The molecule has 6 nitrogen and oxygen atoms in total. The molecule has 7 heteroatoms. The SMILES string of the molecule is COc1ccc(N2CC(C(=O)N(C)C3CC4CCC(C3)N4)CC2=O)cc1.Cl. The van der Waals surface area contributed by atoms with Gasteiger partial charge < -0.3 is 19.9 Å². The summed E-state index contributed by atoms with van der Waals surface area (Å²) in [5, 5.41) is 3.62. The second kappa shape index (κ2) is 8.07. The van der Waals surface area contributed by atoms with Gasteiger partial charge in [-0.15, -0.1) is 12.4 Å². The van der Waals surface area contributed by atoms with Gasteiger partial charge in [0.2, 0.25) is 11.8 Å². The van der Waals surface area contributed by atoms with Crippen molar-refractivity contribution in [2.24, 2.45) is 5.92 Å². The zero-order valence-corrected chi connectivity index (χ0v) is 16.7. The molecule has 148 valence electrons. The highest BCUT2D eigenvalue weighted by Gasteiger charge is 2.41. The number of carbonyl (C=O) groups is 2. The lowest BCUT2D eigenvalue weighted by atomic mass is 9.97. The number of fused-ring (bicyclic) bond motifs is 2. The molecule has 3 fully saturated rings. The van der Waals surface area contributed by atoms with E-state index in [9.17, 15) is 9.59 Å². The molecule has 3 atom stereocenters. The maximum atomic E-state index is 13.0. The van der Waals surface area contributed by atoms with Crippen molar-refractivity contribution >= 4 is 29.9 Å². The third kappa shape index (κ3) is 3.92. The topological polar surface area (TPSA) is 61.9 Å². The van der Waals surface area contributed by atoms with Gasteiger partial charge in [0.1, 0.15) is 5.75 Å². The summed E-state index contributed by atoms with van der Waals surface area (Å²) < 4.78 is 5.17. The Morgan fingerprint density at radius 2 is 1.81 bits per heavy atom. The Morgan fingerprint density at radius 3 is 2.41 bits per heavy atom. The summed E-state index contributed by atoms with van der Waals surface area (Å²) in [5.74, 6) is 0.642. The fourth-order valence-corrected chi connectivity index (χ4v) is 4.70. The first-order chi connectivity index (χ1) is 12.5. The quantitative estimate of drug-likeness (QED) is 0.852. The zero-order valence-electron chi connectivity index (χ0n) is 15.9. The number of benzene rings is 1. The summed E-state index contributed by atoms with van der Waals surface area (Å²) >= 11 is 0. The lowest BCUT2D eigenvalue weighted by Gasteiger charge is -2.36. The van der Waals surface area contributed by atoms with Gasteiger partial charge in [-0.1, -0.05) is 0 Å². The number of piperidine rings is 1. The smallest absolute Gasteiger partial charge is 0.228 e. The average Bonchev–Trinajstić information content (AvgIpc) is 3.22. The summed E-state index contributed by atoms with van der Waals surface area (Å²) in [5.41, 5.74) is 0.827. The zero-order chi connectivity index (χ0) is 18.3. The number of hydrogen-bond acceptors (Lipinski definition) is 4. The Hall–Kier alpha value is -1.79. The molecule has 0 aliphatic carbocycles. The Labute approximate surface area is 166 Å². The number of rotatable bonds is 4. The fraction of sp³-hybridized carbons (Fsp3) is 0.600. The van der Waals surface area contributed by atoms with Crippen LogP contribution in [0.3, 0.4) is 0 Å². The Balaban J connectivity index is 0.00000210. The van der Waals surface area contributed by atoms with E-state index >= 15 is 0 Å². The van der Waals surface area contributed by atoms with Gasteiger partial charge >= 0.3 is 0 Å². The van der Waals surface area contributed by atoms with E-state index in [1.54, 1.807) is 12.0 Å². The lowest BCUT2D eigenvalue weighted by Crippen LogP contribution is -2.50. The number of halogens is 1. The van der Waals surface area contributed by atoms with Crippen molar-refractivity contribution in [3.63, 3.8) is 0 Å². The Kier molecular flexibility index (Phi) is 5.96. The van der Waals surface area contributed by atoms with E-state index in [-0.39, 0.29) is 30.1 Å². The first kappa shape index (κ1) is 20.0. The molecule has 2 bridgehead atoms. The standard InChI is InChI=1S/C20H27N3O3.ClH/c1-22(17-10-14-3-4-15(11-17)21-14)20(25)13-9-19(24)23(12-13)16-5-7-18(26-2)8-6-16;/h5-8,13-15,17,21H,3-4,9-12H2,1-2H3;1H. The summed E-state index contributed by atoms with van der Waals surface area (Å²) in [7, 11) is 3.53. The van der Waals surface area contributed by atoms with E-state index in [4.69, 9.17) is 4.74 Å². The largest absolute Gasteiger partial charge is 0.497 e. The number of amides is 2. The van der Waals surface area contributed by atoms with Gasteiger partial charge in [-0.2, -0.15) is 0 Å². The van der Waals surface area contributed by atoms with Crippen molar-refractivity contribution < 1.29 is 14.3 Å². The highest BCUT2D eigenvalue weighted by Crippen LogP contribution is 2.32. The molecule has 1 aromatic rings. The molecule has 3 aliphatic rings. The number of hydrogen-bond donors (Lipinski definition) is 1. The van der Waals surface area contributed by atoms with E-state index < -0.39 is 0 Å². The summed E-state index contributed by atoms with van der Waals surface area (Å²) in [4.78, 5) is 29.1. The summed E-state index contributed by atoms with van der Waals surface area (Å²) in [6.45, 7) is 0.464. The number of methoxy groups -OCH3 is 1. The van der Waals surface area contributed by atoms with E-state index in [1.807, 2.05) is 36.2 Å². The van der Waals surface area contributed by atoms with Crippen LogP contribution < -0.4 is 15.0 Å². The monoisotopic (exact) mass is 393 g/mol. The van der Waals surface area contributed by atoms with Crippen LogP contribution in [-0.4, -0.2) is 55.5 Å². The van der Waals surface area contributed by atoms with E-state index in [0.717, 1.165) is 24.3 Å². The molecule has 27 heavy (non-hydrogen) atoms. The highest BCUT2D eigenvalue weighted by atomic mass is 35.5. The minimum absolute atomic E-state index is 0. The van der Waals surface area contributed by atoms with E-state index in [1.165, 1.54) is 12.8 Å². The molecule has 0 saturated carbocycles. The van der Waals surface area contributed by atoms with Crippen LogP contribution >= 0.6 is 12.4 Å². The molecule has 3 unspecified atom stereocenters. The third-order valence-electron chi connectivity index (χ3n) is 6.20. The summed E-state index contributed by atoms with van der Waals surface area (Å²) in [6, 6.07) is 8.83. The van der Waals surface area contributed by atoms with Crippen molar-refractivity contribution in [1.82, 2.24) is 10.2 Å². The number of anilines is 1. The maximum Gasteiger partial charge on any atom is 0.228 e.